The molecule has 0 spiro atoms. The van der Waals surface area contributed by atoms with E-state index in [1.54, 1.807) is 11.8 Å². The summed E-state index contributed by atoms with van der Waals surface area (Å²) in [6.07, 6.45) is 0.591. The van der Waals surface area contributed by atoms with Crippen LogP contribution in [0.15, 0.2) is 4.52 Å². The second kappa shape index (κ2) is 6.78. The van der Waals surface area contributed by atoms with Crippen LogP contribution in [-0.2, 0) is 10.2 Å². The minimum atomic E-state index is -0.862. The average molecular weight is 338 g/mol. The number of likely N-dealkylation sites (tertiary alicyclic amines) is 1. The Morgan fingerprint density at radius 1 is 1.38 bits per heavy atom. The van der Waals surface area contributed by atoms with Gasteiger partial charge in [-0.05, 0) is 19.3 Å². The number of hydrogen-bond donors (Lipinski definition) is 2. The van der Waals surface area contributed by atoms with Crippen LogP contribution in [0.2, 0.25) is 0 Å². The van der Waals surface area contributed by atoms with E-state index in [2.05, 4.69) is 15.5 Å². The minimum absolute atomic E-state index is 0.150. The number of rotatable bonds is 3. The van der Waals surface area contributed by atoms with E-state index in [9.17, 15) is 14.7 Å². The van der Waals surface area contributed by atoms with E-state index in [0.717, 1.165) is 0 Å². The van der Waals surface area contributed by atoms with Crippen LogP contribution in [0.1, 0.15) is 58.8 Å². The molecule has 0 radical (unpaired) electrons. The predicted molar refractivity (Wildman–Crippen MR) is 86.4 cm³/mol. The number of amides is 2. The topological polar surface area (TPSA) is 109 Å². The fourth-order valence-electron chi connectivity index (χ4n) is 2.75. The third-order valence-corrected chi connectivity index (χ3v) is 4.12. The lowest BCUT2D eigenvalue weighted by Gasteiger charge is -2.35. The van der Waals surface area contributed by atoms with Crippen LogP contribution in [0.25, 0.3) is 0 Å². The zero-order valence-electron chi connectivity index (χ0n) is 14.9. The predicted octanol–water partition coefficient (Wildman–Crippen LogP) is 2.18. The zero-order chi connectivity index (χ0) is 18.1. The summed E-state index contributed by atoms with van der Waals surface area (Å²) in [7, 11) is 0. The standard InChI is InChI=1S/C16H26N4O4/c1-9-6-11(13(21)22)8-20(7-9)15(23)17-10(2)12-18-14(19-24-12)16(3,4)5/h9-11H,6-8H2,1-5H3,(H,17,23)(H,21,22). The molecule has 0 aliphatic carbocycles. The number of carbonyl (C=O) groups excluding carboxylic acids is 1. The Kier molecular flexibility index (Phi) is 5.15. The lowest BCUT2D eigenvalue weighted by molar-refractivity contribution is -0.143. The van der Waals surface area contributed by atoms with Crippen molar-refractivity contribution in [1.29, 1.82) is 0 Å². The Morgan fingerprint density at radius 2 is 2.04 bits per heavy atom. The molecule has 8 nitrogen and oxygen atoms in total. The Labute approximate surface area is 141 Å². The van der Waals surface area contributed by atoms with Gasteiger partial charge in [-0.2, -0.15) is 4.98 Å². The molecule has 2 N–H and O–H groups in total. The molecule has 0 bridgehead atoms. The van der Waals surface area contributed by atoms with Gasteiger partial charge in [0.25, 0.3) is 0 Å². The Morgan fingerprint density at radius 3 is 2.58 bits per heavy atom. The first-order valence-electron chi connectivity index (χ1n) is 8.20. The number of nitrogens with zero attached hydrogens (tertiary/aromatic N) is 3. The highest BCUT2D eigenvalue weighted by atomic mass is 16.5. The number of piperidine rings is 1. The van der Waals surface area contributed by atoms with Crippen molar-refractivity contribution in [3.05, 3.63) is 11.7 Å². The third kappa shape index (κ3) is 4.24. The van der Waals surface area contributed by atoms with Gasteiger partial charge in [0.15, 0.2) is 5.82 Å². The fourth-order valence-corrected chi connectivity index (χ4v) is 2.75. The first-order valence-corrected chi connectivity index (χ1v) is 8.20. The summed E-state index contributed by atoms with van der Waals surface area (Å²) >= 11 is 0. The molecule has 2 heterocycles. The van der Waals surface area contributed by atoms with E-state index in [0.29, 0.717) is 24.7 Å². The van der Waals surface area contributed by atoms with Crippen LogP contribution in [0.3, 0.4) is 0 Å². The lowest BCUT2D eigenvalue weighted by atomic mass is 9.91. The number of urea groups is 1. The normalized spacial score (nSPS) is 23.0. The van der Waals surface area contributed by atoms with Crippen molar-refractivity contribution in [1.82, 2.24) is 20.4 Å². The third-order valence-electron chi connectivity index (χ3n) is 4.12. The number of hydrogen-bond acceptors (Lipinski definition) is 5. The first-order chi connectivity index (χ1) is 11.1. The molecule has 1 saturated heterocycles. The monoisotopic (exact) mass is 338 g/mol. The molecule has 134 valence electrons. The summed E-state index contributed by atoms with van der Waals surface area (Å²) in [5.41, 5.74) is -0.234. The van der Waals surface area contributed by atoms with Crippen molar-refractivity contribution < 1.29 is 19.2 Å². The van der Waals surface area contributed by atoms with Crippen LogP contribution in [0, 0.1) is 11.8 Å². The number of nitrogens with one attached hydrogen (secondary N) is 1. The van der Waals surface area contributed by atoms with E-state index in [1.807, 2.05) is 27.7 Å². The van der Waals surface area contributed by atoms with Gasteiger partial charge in [-0.1, -0.05) is 32.9 Å². The summed E-state index contributed by atoms with van der Waals surface area (Å²) in [4.78, 5) is 29.5. The Balaban J connectivity index is 2.00. The quantitative estimate of drug-likeness (QED) is 0.874. The molecule has 3 atom stereocenters. The van der Waals surface area contributed by atoms with Gasteiger partial charge in [-0.3, -0.25) is 4.79 Å². The van der Waals surface area contributed by atoms with Crippen molar-refractivity contribution >= 4 is 12.0 Å². The van der Waals surface area contributed by atoms with Crippen LogP contribution in [-0.4, -0.2) is 45.2 Å². The van der Waals surface area contributed by atoms with Gasteiger partial charge in [0.2, 0.25) is 5.89 Å². The smallest absolute Gasteiger partial charge is 0.318 e. The molecule has 2 rings (SSSR count). The average Bonchev–Trinajstić information content (AvgIpc) is 2.96. The largest absolute Gasteiger partial charge is 0.481 e. The van der Waals surface area contributed by atoms with Crippen LogP contribution in [0.4, 0.5) is 4.79 Å². The summed E-state index contributed by atoms with van der Waals surface area (Å²) in [6.45, 7) is 10.4. The second-order valence-corrected chi connectivity index (χ2v) is 7.66. The van der Waals surface area contributed by atoms with Crippen LogP contribution in [0.5, 0.6) is 0 Å². The molecule has 24 heavy (non-hydrogen) atoms. The minimum Gasteiger partial charge on any atom is -0.481 e. The highest BCUT2D eigenvalue weighted by molar-refractivity contribution is 5.76. The van der Waals surface area contributed by atoms with E-state index in [1.165, 1.54) is 0 Å². The van der Waals surface area contributed by atoms with Crippen molar-refractivity contribution in [2.24, 2.45) is 11.8 Å². The molecule has 8 heteroatoms. The molecule has 1 aliphatic heterocycles. The van der Waals surface area contributed by atoms with Crippen molar-refractivity contribution in [2.45, 2.75) is 52.5 Å². The van der Waals surface area contributed by atoms with Gasteiger partial charge in [0.1, 0.15) is 6.04 Å². The van der Waals surface area contributed by atoms with Crippen molar-refractivity contribution in [3.63, 3.8) is 0 Å². The summed E-state index contributed by atoms with van der Waals surface area (Å²) in [5.74, 6) is -0.314. The van der Waals surface area contributed by atoms with Crippen LogP contribution < -0.4 is 5.32 Å². The molecule has 0 aromatic carbocycles. The summed E-state index contributed by atoms with van der Waals surface area (Å²) < 4.78 is 5.23. The van der Waals surface area contributed by atoms with E-state index in [-0.39, 0.29) is 23.9 Å². The zero-order valence-corrected chi connectivity index (χ0v) is 14.9. The van der Waals surface area contributed by atoms with Gasteiger partial charge in [0.05, 0.1) is 5.92 Å². The molecule has 3 unspecified atom stereocenters. The Hall–Kier alpha value is -2.12. The molecular formula is C16H26N4O4. The van der Waals surface area contributed by atoms with Gasteiger partial charge in [0, 0.05) is 18.5 Å². The molecule has 0 saturated carbocycles. The number of carboxylic acid groups (broad SMARTS) is 1. The number of aliphatic carboxylic acids is 1. The molecular weight excluding hydrogens is 312 g/mol. The van der Waals surface area contributed by atoms with E-state index < -0.39 is 17.9 Å². The molecule has 2 amide bonds. The number of carbonyl (C=O) groups is 2. The van der Waals surface area contributed by atoms with Crippen LogP contribution >= 0.6 is 0 Å². The first kappa shape index (κ1) is 18.2. The van der Waals surface area contributed by atoms with Crippen molar-refractivity contribution in [3.8, 4) is 0 Å². The van der Waals surface area contributed by atoms with Gasteiger partial charge < -0.3 is 19.8 Å². The SMILES string of the molecule is CC1CC(C(=O)O)CN(C(=O)NC(C)c2nc(C(C)(C)C)no2)C1. The molecule has 1 aliphatic rings. The fraction of sp³-hybridized carbons (Fsp3) is 0.750. The second-order valence-electron chi connectivity index (χ2n) is 7.66. The molecule has 1 aromatic heterocycles. The molecule has 1 fully saturated rings. The maximum atomic E-state index is 12.4. The Bertz CT molecular complexity index is 607. The highest BCUT2D eigenvalue weighted by Crippen LogP contribution is 2.23. The van der Waals surface area contributed by atoms with Crippen molar-refractivity contribution in [2.75, 3.05) is 13.1 Å². The summed E-state index contributed by atoms with van der Waals surface area (Å²) in [5, 5.41) is 16.0. The van der Waals surface area contributed by atoms with E-state index >= 15 is 0 Å². The lowest BCUT2D eigenvalue weighted by Crippen LogP contribution is -2.49. The van der Waals surface area contributed by atoms with Gasteiger partial charge in [-0.15, -0.1) is 0 Å². The highest BCUT2D eigenvalue weighted by Gasteiger charge is 2.33. The maximum Gasteiger partial charge on any atom is 0.318 e. The van der Waals surface area contributed by atoms with Gasteiger partial charge in [-0.25, -0.2) is 4.79 Å². The summed E-state index contributed by atoms with van der Waals surface area (Å²) in [6, 6.07) is -0.752. The number of aromatic nitrogens is 2. The van der Waals surface area contributed by atoms with Gasteiger partial charge >= 0.3 is 12.0 Å². The van der Waals surface area contributed by atoms with E-state index in [4.69, 9.17) is 4.52 Å². The molecule has 1 aromatic rings. The number of carboxylic acids is 1. The maximum absolute atomic E-state index is 12.4.